The van der Waals surface area contributed by atoms with Crippen molar-refractivity contribution in [3.05, 3.63) is 90.0 Å². The first-order valence-electron chi connectivity index (χ1n) is 10.5. The molecule has 1 heterocycles. The molecule has 0 radical (unpaired) electrons. The second-order valence-corrected chi connectivity index (χ2v) is 9.61. The molecule has 0 saturated heterocycles. The van der Waals surface area contributed by atoms with Gasteiger partial charge in [-0.2, -0.15) is 0 Å². The Balaban J connectivity index is 1.76. The first-order valence-corrected chi connectivity index (χ1v) is 11.9. The van der Waals surface area contributed by atoms with Crippen molar-refractivity contribution < 1.29 is 13.2 Å². The van der Waals surface area contributed by atoms with E-state index in [1.54, 1.807) is 47.4 Å². The maximum absolute atomic E-state index is 13.6. The summed E-state index contributed by atoms with van der Waals surface area (Å²) in [5.74, 6) is -0.233. The Hall–Kier alpha value is -3.12. The molecule has 0 bridgehead atoms. The lowest BCUT2D eigenvalue weighted by Gasteiger charge is -2.30. The number of sulfonamides is 1. The number of nitrogens with zero attached hydrogens (tertiary/aromatic N) is 2. The Morgan fingerprint density at radius 3 is 2.35 bits per heavy atom. The van der Waals surface area contributed by atoms with Gasteiger partial charge in [0.1, 0.15) is 6.54 Å². The standard InChI is InChI=1S/C25H26N2O3S/c1-3-20-11-7-9-15-23(20)26(31(29,30)22-13-5-4-6-14-22)18-25(28)27-19(2)17-21-12-8-10-16-24(21)27/h4-16,19H,3,17-18H2,1-2H3/t19-/m0/s1. The van der Waals surface area contributed by atoms with Gasteiger partial charge >= 0.3 is 0 Å². The number of carbonyl (C=O) groups is 1. The molecule has 0 saturated carbocycles. The molecule has 3 aromatic rings. The lowest BCUT2D eigenvalue weighted by molar-refractivity contribution is -0.117. The van der Waals surface area contributed by atoms with Crippen LogP contribution in [0.5, 0.6) is 0 Å². The number of rotatable bonds is 6. The predicted molar refractivity (Wildman–Crippen MR) is 124 cm³/mol. The fourth-order valence-electron chi connectivity index (χ4n) is 4.22. The monoisotopic (exact) mass is 434 g/mol. The maximum atomic E-state index is 13.6. The van der Waals surface area contributed by atoms with E-state index in [1.165, 1.54) is 4.31 Å². The van der Waals surface area contributed by atoms with Crippen LogP contribution >= 0.6 is 0 Å². The van der Waals surface area contributed by atoms with Crippen LogP contribution in [0.4, 0.5) is 11.4 Å². The normalized spacial score (nSPS) is 15.5. The van der Waals surface area contributed by atoms with Crippen molar-refractivity contribution in [3.63, 3.8) is 0 Å². The molecule has 31 heavy (non-hydrogen) atoms. The molecule has 0 N–H and O–H groups in total. The zero-order valence-electron chi connectivity index (χ0n) is 17.7. The number of aryl methyl sites for hydroxylation is 1. The fourth-order valence-corrected chi connectivity index (χ4v) is 5.69. The Bertz CT molecular complexity index is 1190. The van der Waals surface area contributed by atoms with Gasteiger partial charge in [0.25, 0.3) is 10.0 Å². The topological polar surface area (TPSA) is 57.7 Å². The molecule has 6 heteroatoms. The smallest absolute Gasteiger partial charge is 0.264 e. The number of carbonyl (C=O) groups excluding carboxylic acids is 1. The Morgan fingerprint density at radius 2 is 1.61 bits per heavy atom. The number of anilines is 2. The van der Waals surface area contributed by atoms with Crippen LogP contribution in [0.1, 0.15) is 25.0 Å². The van der Waals surface area contributed by atoms with Crippen molar-refractivity contribution in [1.29, 1.82) is 0 Å². The van der Waals surface area contributed by atoms with Crippen LogP contribution in [-0.4, -0.2) is 26.9 Å². The van der Waals surface area contributed by atoms with E-state index in [2.05, 4.69) is 0 Å². The second-order valence-electron chi connectivity index (χ2n) is 7.75. The van der Waals surface area contributed by atoms with Crippen LogP contribution in [0.2, 0.25) is 0 Å². The molecule has 0 spiro atoms. The van der Waals surface area contributed by atoms with Crippen LogP contribution < -0.4 is 9.21 Å². The van der Waals surface area contributed by atoms with Gasteiger partial charge in [0.05, 0.1) is 10.6 Å². The van der Waals surface area contributed by atoms with E-state index in [1.807, 2.05) is 50.2 Å². The minimum absolute atomic E-state index is 0.0207. The summed E-state index contributed by atoms with van der Waals surface area (Å²) in [7, 11) is -3.92. The summed E-state index contributed by atoms with van der Waals surface area (Å²) in [5, 5.41) is 0. The Kier molecular flexibility index (Phi) is 5.83. The minimum atomic E-state index is -3.92. The SMILES string of the molecule is CCc1ccccc1N(CC(=O)N1c2ccccc2C[C@@H]1C)S(=O)(=O)c1ccccc1. The minimum Gasteiger partial charge on any atom is -0.307 e. The molecule has 3 aromatic carbocycles. The molecule has 0 aliphatic carbocycles. The fraction of sp³-hybridized carbons (Fsp3) is 0.240. The molecule has 1 aliphatic rings. The predicted octanol–water partition coefficient (Wildman–Crippen LogP) is 4.42. The summed E-state index contributed by atoms with van der Waals surface area (Å²) in [5.41, 5.74) is 3.39. The molecule has 4 rings (SSSR count). The molecule has 1 aliphatic heterocycles. The number of fused-ring (bicyclic) bond motifs is 1. The number of para-hydroxylation sites is 2. The van der Waals surface area contributed by atoms with E-state index in [-0.39, 0.29) is 23.4 Å². The van der Waals surface area contributed by atoms with Gasteiger partial charge < -0.3 is 4.90 Å². The number of benzene rings is 3. The zero-order valence-corrected chi connectivity index (χ0v) is 18.5. The van der Waals surface area contributed by atoms with Crippen LogP contribution in [0.25, 0.3) is 0 Å². The van der Waals surface area contributed by atoms with Gasteiger partial charge in [-0.25, -0.2) is 8.42 Å². The van der Waals surface area contributed by atoms with Crippen molar-refractivity contribution in [2.45, 2.75) is 37.6 Å². The molecule has 0 aromatic heterocycles. The van der Waals surface area contributed by atoms with E-state index < -0.39 is 10.0 Å². The molecular weight excluding hydrogens is 408 g/mol. The van der Waals surface area contributed by atoms with Gasteiger partial charge in [-0.15, -0.1) is 0 Å². The summed E-state index contributed by atoms with van der Waals surface area (Å²) in [6.07, 6.45) is 1.42. The third kappa shape index (κ3) is 3.95. The first kappa shape index (κ1) is 21.1. The second kappa shape index (κ2) is 8.55. The van der Waals surface area contributed by atoms with Crippen LogP contribution in [0.3, 0.4) is 0 Å². The molecular formula is C25H26N2O3S. The van der Waals surface area contributed by atoms with Crippen LogP contribution in [-0.2, 0) is 27.7 Å². The van der Waals surface area contributed by atoms with Gasteiger partial charge in [-0.05, 0) is 55.2 Å². The summed E-state index contributed by atoms with van der Waals surface area (Å²) in [4.78, 5) is 15.4. The average molecular weight is 435 g/mol. The summed E-state index contributed by atoms with van der Waals surface area (Å²) < 4.78 is 28.5. The number of amides is 1. The molecule has 0 fully saturated rings. The largest absolute Gasteiger partial charge is 0.307 e. The summed E-state index contributed by atoms with van der Waals surface area (Å²) in [6.45, 7) is 3.72. The van der Waals surface area contributed by atoms with Crippen molar-refractivity contribution in [3.8, 4) is 0 Å². The van der Waals surface area contributed by atoms with Gasteiger partial charge in [0.15, 0.2) is 0 Å². The molecule has 5 nitrogen and oxygen atoms in total. The first-order chi connectivity index (χ1) is 14.9. The highest BCUT2D eigenvalue weighted by atomic mass is 32.2. The molecule has 0 unspecified atom stereocenters. The van der Waals surface area contributed by atoms with Crippen molar-refractivity contribution in [1.82, 2.24) is 0 Å². The van der Waals surface area contributed by atoms with E-state index >= 15 is 0 Å². The van der Waals surface area contributed by atoms with Gasteiger partial charge in [0, 0.05) is 11.7 Å². The Labute approximate surface area is 184 Å². The zero-order chi connectivity index (χ0) is 22.0. The third-order valence-corrected chi connectivity index (χ3v) is 7.50. The average Bonchev–Trinajstić information content (AvgIpc) is 3.13. The molecule has 160 valence electrons. The maximum Gasteiger partial charge on any atom is 0.264 e. The molecule has 1 atom stereocenters. The van der Waals surface area contributed by atoms with Crippen molar-refractivity contribution >= 4 is 27.3 Å². The van der Waals surface area contributed by atoms with Crippen LogP contribution in [0.15, 0.2) is 83.8 Å². The van der Waals surface area contributed by atoms with E-state index in [9.17, 15) is 13.2 Å². The van der Waals surface area contributed by atoms with Crippen molar-refractivity contribution in [2.75, 3.05) is 15.7 Å². The summed E-state index contributed by atoms with van der Waals surface area (Å²) >= 11 is 0. The van der Waals surface area contributed by atoms with Gasteiger partial charge in [-0.3, -0.25) is 9.10 Å². The third-order valence-electron chi connectivity index (χ3n) is 5.73. The van der Waals surface area contributed by atoms with Gasteiger partial charge in [-0.1, -0.05) is 61.5 Å². The van der Waals surface area contributed by atoms with E-state index in [4.69, 9.17) is 0 Å². The number of hydrogen-bond acceptors (Lipinski definition) is 3. The van der Waals surface area contributed by atoms with Gasteiger partial charge in [0.2, 0.25) is 5.91 Å². The van der Waals surface area contributed by atoms with Crippen molar-refractivity contribution in [2.24, 2.45) is 0 Å². The lowest BCUT2D eigenvalue weighted by Crippen LogP contribution is -2.45. The van der Waals surface area contributed by atoms with E-state index in [0.29, 0.717) is 12.1 Å². The summed E-state index contributed by atoms with van der Waals surface area (Å²) in [6, 6.07) is 23.4. The molecule has 1 amide bonds. The highest BCUT2D eigenvalue weighted by Crippen LogP contribution is 2.33. The Morgan fingerprint density at radius 1 is 0.968 bits per heavy atom. The van der Waals surface area contributed by atoms with Crippen LogP contribution in [0, 0.1) is 0 Å². The number of hydrogen-bond donors (Lipinski definition) is 0. The highest BCUT2D eigenvalue weighted by Gasteiger charge is 2.35. The lowest BCUT2D eigenvalue weighted by atomic mass is 10.1. The quantitative estimate of drug-likeness (QED) is 0.577. The van der Waals surface area contributed by atoms with E-state index in [0.717, 1.165) is 23.2 Å². The highest BCUT2D eigenvalue weighted by molar-refractivity contribution is 7.92.